The Morgan fingerprint density at radius 1 is 1.33 bits per heavy atom. The van der Waals surface area contributed by atoms with Crippen LogP contribution < -0.4 is 4.90 Å². The van der Waals surface area contributed by atoms with Gasteiger partial charge in [-0.1, -0.05) is 13.0 Å². The minimum absolute atomic E-state index is 0.153. The number of benzene rings is 1. The lowest BCUT2D eigenvalue weighted by Gasteiger charge is -2.18. The fourth-order valence-electron chi connectivity index (χ4n) is 2.04. The van der Waals surface area contributed by atoms with Crippen molar-refractivity contribution in [2.45, 2.75) is 20.3 Å². The molecule has 0 unspecified atom stereocenters. The van der Waals surface area contributed by atoms with Gasteiger partial charge in [0.1, 0.15) is 0 Å². The summed E-state index contributed by atoms with van der Waals surface area (Å²) in [4.78, 5) is 14.2. The summed E-state index contributed by atoms with van der Waals surface area (Å²) in [5, 5.41) is 17.0. The number of nitriles is 1. The Labute approximate surface area is 123 Å². The van der Waals surface area contributed by atoms with Crippen molar-refractivity contribution >= 4 is 11.6 Å². The van der Waals surface area contributed by atoms with Gasteiger partial charge in [-0.3, -0.25) is 4.79 Å². The van der Waals surface area contributed by atoms with Gasteiger partial charge in [0.25, 0.3) is 5.91 Å². The maximum atomic E-state index is 12.7. The Morgan fingerprint density at radius 3 is 2.76 bits per heavy atom. The number of anilines is 1. The van der Waals surface area contributed by atoms with Gasteiger partial charge in [0.2, 0.25) is 0 Å². The molecule has 1 aromatic carbocycles. The smallest absolute Gasteiger partial charge is 0.259 e. The first-order valence-electron chi connectivity index (χ1n) is 6.68. The van der Waals surface area contributed by atoms with Gasteiger partial charge in [0.15, 0.2) is 0 Å². The number of carbonyl (C=O) groups excluding carboxylic acids is 1. The van der Waals surface area contributed by atoms with Gasteiger partial charge in [-0.05, 0) is 37.6 Å². The van der Waals surface area contributed by atoms with Crippen LogP contribution >= 0.6 is 0 Å². The van der Waals surface area contributed by atoms with Crippen LogP contribution in [-0.2, 0) is 6.42 Å². The Kier molecular flexibility index (Phi) is 4.29. The predicted octanol–water partition coefficient (Wildman–Crippen LogP) is 2.50. The summed E-state index contributed by atoms with van der Waals surface area (Å²) < 4.78 is 0. The third-order valence-electron chi connectivity index (χ3n) is 3.23. The third-order valence-corrected chi connectivity index (χ3v) is 3.23. The van der Waals surface area contributed by atoms with Crippen molar-refractivity contribution in [1.82, 2.24) is 10.2 Å². The molecule has 0 radical (unpaired) electrons. The molecule has 0 N–H and O–H groups in total. The number of rotatable bonds is 3. The van der Waals surface area contributed by atoms with Crippen LogP contribution in [0.15, 0.2) is 30.3 Å². The van der Waals surface area contributed by atoms with Crippen molar-refractivity contribution in [3.8, 4) is 6.07 Å². The molecule has 2 rings (SSSR count). The predicted molar refractivity (Wildman–Crippen MR) is 80.0 cm³/mol. The standard InChI is InChI=1S/C16H16N4O/c1-4-15-14(8-11(2)18-19-15)16(21)20(3)13-7-5-6-12(9-13)10-17/h5-9H,4H2,1-3H3. The summed E-state index contributed by atoms with van der Waals surface area (Å²) >= 11 is 0. The third kappa shape index (κ3) is 3.06. The summed E-state index contributed by atoms with van der Waals surface area (Å²) in [5.41, 5.74) is 3.13. The van der Waals surface area contributed by atoms with Crippen molar-refractivity contribution in [3.63, 3.8) is 0 Å². The highest BCUT2D eigenvalue weighted by molar-refractivity contribution is 6.06. The van der Waals surface area contributed by atoms with E-state index in [0.29, 0.717) is 34.6 Å². The number of aromatic nitrogens is 2. The summed E-state index contributed by atoms with van der Waals surface area (Å²) in [5.74, 6) is -0.153. The highest BCUT2D eigenvalue weighted by Crippen LogP contribution is 2.18. The molecular formula is C16H16N4O. The van der Waals surface area contributed by atoms with E-state index in [1.807, 2.05) is 6.92 Å². The van der Waals surface area contributed by atoms with E-state index in [1.54, 1.807) is 44.3 Å². The van der Waals surface area contributed by atoms with Gasteiger partial charge in [-0.25, -0.2) is 0 Å². The van der Waals surface area contributed by atoms with E-state index in [4.69, 9.17) is 5.26 Å². The van der Waals surface area contributed by atoms with E-state index in [9.17, 15) is 4.79 Å². The van der Waals surface area contributed by atoms with Crippen molar-refractivity contribution in [1.29, 1.82) is 5.26 Å². The molecule has 2 aromatic rings. The average molecular weight is 280 g/mol. The zero-order valence-electron chi connectivity index (χ0n) is 12.3. The molecule has 0 saturated heterocycles. The molecule has 1 heterocycles. The first kappa shape index (κ1) is 14.7. The Hall–Kier alpha value is -2.74. The number of hydrogen-bond donors (Lipinski definition) is 0. The maximum Gasteiger partial charge on any atom is 0.259 e. The first-order valence-corrected chi connectivity index (χ1v) is 6.68. The second-order valence-electron chi connectivity index (χ2n) is 4.73. The zero-order chi connectivity index (χ0) is 15.4. The van der Waals surface area contributed by atoms with Gasteiger partial charge in [0, 0.05) is 12.7 Å². The molecule has 0 bridgehead atoms. The van der Waals surface area contributed by atoms with Gasteiger partial charge in [0.05, 0.1) is 28.6 Å². The number of amides is 1. The van der Waals surface area contributed by atoms with Crippen molar-refractivity contribution in [2.24, 2.45) is 0 Å². The average Bonchev–Trinajstić information content (AvgIpc) is 2.53. The number of aryl methyl sites for hydroxylation is 2. The SMILES string of the molecule is CCc1nnc(C)cc1C(=O)N(C)c1cccc(C#N)c1. The van der Waals surface area contributed by atoms with Crippen molar-refractivity contribution < 1.29 is 4.79 Å². The minimum Gasteiger partial charge on any atom is -0.311 e. The first-order chi connectivity index (χ1) is 10.1. The summed E-state index contributed by atoms with van der Waals surface area (Å²) in [7, 11) is 1.69. The summed E-state index contributed by atoms with van der Waals surface area (Å²) in [6, 6.07) is 10.8. The second kappa shape index (κ2) is 6.14. The summed E-state index contributed by atoms with van der Waals surface area (Å²) in [6.07, 6.45) is 0.639. The lowest BCUT2D eigenvalue weighted by atomic mass is 10.1. The quantitative estimate of drug-likeness (QED) is 0.866. The Bertz CT molecular complexity index is 718. The molecule has 1 aromatic heterocycles. The van der Waals surface area contributed by atoms with Crippen LogP contribution in [0.1, 0.15) is 34.2 Å². The van der Waals surface area contributed by atoms with Gasteiger partial charge >= 0.3 is 0 Å². The van der Waals surface area contributed by atoms with Crippen LogP contribution in [0.3, 0.4) is 0 Å². The fraction of sp³-hybridized carbons (Fsp3) is 0.250. The summed E-state index contributed by atoms with van der Waals surface area (Å²) in [6.45, 7) is 3.74. The number of carbonyl (C=O) groups is 1. The molecule has 0 aliphatic heterocycles. The largest absolute Gasteiger partial charge is 0.311 e. The molecule has 106 valence electrons. The van der Waals surface area contributed by atoms with Crippen LogP contribution in [0.25, 0.3) is 0 Å². The van der Waals surface area contributed by atoms with Crippen molar-refractivity contribution in [3.05, 3.63) is 52.8 Å². The zero-order valence-corrected chi connectivity index (χ0v) is 12.3. The minimum atomic E-state index is -0.153. The van der Waals surface area contributed by atoms with E-state index in [0.717, 1.165) is 0 Å². The Balaban J connectivity index is 2.39. The lowest BCUT2D eigenvalue weighted by molar-refractivity contribution is 0.0991. The molecular weight excluding hydrogens is 264 g/mol. The second-order valence-corrected chi connectivity index (χ2v) is 4.73. The van der Waals surface area contributed by atoms with Crippen LogP contribution in [0, 0.1) is 18.3 Å². The van der Waals surface area contributed by atoms with Crippen LogP contribution in [0.2, 0.25) is 0 Å². The molecule has 5 heteroatoms. The number of nitrogens with zero attached hydrogens (tertiary/aromatic N) is 4. The molecule has 0 atom stereocenters. The Morgan fingerprint density at radius 2 is 2.10 bits per heavy atom. The van der Waals surface area contributed by atoms with E-state index < -0.39 is 0 Å². The van der Waals surface area contributed by atoms with E-state index in [1.165, 1.54) is 4.90 Å². The van der Waals surface area contributed by atoms with Crippen molar-refractivity contribution in [2.75, 3.05) is 11.9 Å². The van der Waals surface area contributed by atoms with E-state index >= 15 is 0 Å². The van der Waals surface area contributed by atoms with Crippen LogP contribution in [0.4, 0.5) is 5.69 Å². The molecule has 21 heavy (non-hydrogen) atoms. The normalized spacial score (nSPS) is 10.0. The molecule has 0 fully saturated rings. The molecule has 1 amide bonds. The molecule has 5 nitrogen and oxygen atoms in total. The van der Waals surface area contributed by atoms with E-state index in [2.05, 4.69) is 16.3 Å². The molecule has 0 spiro atoms. The number of hydrogen-bond acceptors (Lipinski definition) is 4. The topological polar surface area (TPSA) is 69.9 Å². The van der Waals surface area contributed by atoms with Gasteiger partial charge < -0.3 is 4.90 Å². The molecule has 0 aliphatic carbocycles. The van der Waals surface area contributed by atoms with Crippen LogP contribution in [0.5, 0.6) is 0 Å². The molecule has 0 aliphatic rings. The highest BCUT2D eigenvalue weighted by Gasteiger charge is 2.18. The lowest BCUT2D eigenvalue weighted by Crippen LogP contribution is -2.28. The molecule has 0 saturated carbocycles. The van der Waals surface area contributed by atoms with E-state index in [-0.39, 0.29) is 5.91 Å². The van der Waals surface area contributed by atoms with Gasteiger partial charge in [-0.2, -0.15) is 15.5 Å². The van der Waals surface area contributed by atoms with Gasteiger partial charge in [-0.15, -0.1) is 0 Å². The fourth-order valence-corrected chi connectivity index (χ4v) is 2.04. The maximum absolute atomic E-state index is 12.7. The highest BCUT2D eigenvalue weighted by atomic mass is 16.2. The monoisotopic (exact) mass is 280 g/mol. The van der Waals surface area contributed by atoms with Crippen LogP contribution in [-0.4, -0.2) is 23.2 Å².